The quantitative estimate of drug-likeness (QED) is 0.793. The van der Waals surface area contributed by atoms with Crippen molar-refractivity contribution in [2.75, 3.05) is 5.32 Å². The van der Waals surface area contributed by atoms with Gasteiger partial charge in [-0.05, 0) is 53.2 Å². The van der Waals surface area contributed by atoms with Gasteiger partial charge in [0.05, 0.1) is 17.3 Å². The molecule has 1 unspecified atom stereocenters. The maximum Gasteiger partial charge on any atom is 0.125 e. The Morgan fingerprint density at radius 2 is 1.79 bits per heavy atom. The number of aromatic hydroxyl groups is 2. The molecule has 2 rings (SSSR count). The Morgan fingerprint density at radius 3 is 2.42 bits per heavy atom. The van der Waals surface area contributed by atoms with Crippen LogP contribution in [0.2, 0.25) is 0 Å². The van der Waals surface area contributed by atoms with Crippen LogP contribution in [0.5, 0.6) is 11.5 Å². The van der Waals surface area contributed by atoms with E-state index in [0.29, 0.717) is 15.7 Å². The van der Waals surface area contributed by atoms with Crippen molar-refractivity contribution in [3.63, 3.8) is 0 Å². The molecule has 0 heterocycles. The summed E-state index contributed by atoms with van der Waals surface area (Å²) in [5.41, 5.74) is 0.925. The van der Waals surface area contributed by atoms with Crippen molar-refractivity contribution in [1.82, 2.24) is 0 Å². The molecular formula is C14H13BrFNO2. The average Bonchev–Trinajstić information content (AvgIpc) is 2.33. The molecule has 100 valence electrons. The van der Waals surface area contributed by atoms with Gasteiger partial charge < -0.3 is 15.5 Å². The lowest BCUT2D eigenvalue weighted by atomic mass is 10.1. The summed E-state index contributed by atoms with van der Waals surface area (Å²) in [5.74, 6) is -0.376. The zero-order valence-electron chi connectivity index (χ0n) is 10.2. The van der Waals surface area contributed by atoms with Crippen LogP contribution in [0, 0.1) is 5.82 Å². The molecule has 0 aliphatic carbocycles. The predicted octanol–water partition coefficient (Wildman–Crippen LogP) is 4.17. The van der Waals surface area contributed by atoms with Crippen LogP contribution in [0.25, 0.3) is 0 Å². The average molecular weight is 326 g/mol. The van der Waals surface area contributed by atoms with Gasteiger partial charge in [0, 0.05) is 4.47 Å². The molecule has 0 fully saturated rings. The molecule has 3 nitrogen and oxygen atoms in total. The summed E-state index contributed by atoms with van der Waals surface area (Å²) in [7, 11) is 0. The summed E-state index contributed by atoms with van der Waals surface area (Å²) in [6.45, 7) is 1.77. The third kappa shape index (κ3) is 2.98. The fraction of sp³-hybridized carbons (Fsp3) is 0.143. The van der Waals surface area contributed by atoms with Crippen LogP contribution in [0.4, 0.5) is 10.1 Å². The summed E-state index contributed by atoms with van der Waals surface area (Å²) < 4.78 is 13.9. The maximum atomic E-state index is 13.2. The van der Waals surface area contributed by atoms with Crippen LogP contribution in [-0.4, -0.2) is 10.2 Å². The second-order valence-electron chi connectivity index (χ2n) is 4.20. The van der Waals surface area contributed by atoms with Crippen molar-refractivity contribution < 1.29 is 14.6 Å². The third-order valence-corrected chi connectivity index (χ3v) is 3.49. The molecule has 0 aliphatic heterocycles. The van der Waals surface area contributed by atoms with Crippen molar-refractivity contribution in [3.8, 4) is 11.5 Å². The molecule has 2 aromatic carbocycles. The molecule has 0 amide bonds. The van der Waals surface area contributed by atoms with Crippen molar-refractivity contribution >= 4 is 21.6 Å². The molecule has 0 saturated carbocycles. The van der Waals surface area contributed by atoms with E-state index in [2.05, 4.69) is 21.2 Å². The Kier molecular flexibility index (Phi) is 3.95. The number of phenolic OH excluding ortho intramolecular Hbond substituents is 2. The van der Waals surface area contributed by atoms with Gasteiger partial charge in [-0.2, -0.15) is 0 Å². The van der Waals surface area contributed by atoms with Gasteiger partial charge >= 0.3 is 0 Å². The lowest BCUT2D eigenvalue weighted by Gasteiger charge is -2.19. The molecule has 0 spiro atoms. The lowest BCUT2D eigenvalue weighted by Crippen LogP contribution is -2.08. The van der Waals surface area contributed by atoms with Gasteiger partial charge in [-0.25, -0.2) is 4.39 Å². The second kappa shape index (κ2) is 5.48. The van der Waals surface area contributed by atoms with Crippen LogP contribution >= 0.6 is 15.9 Å². The Balaban J connectivity index is 2.31. The Hall–Kier alpha value is -1.75. The second-order valence-corrected chi connectivity index (χ2v) is 5.05. The molecule has 0 radical (unpaired) electrons. The minimum atomic E-state index is -0.376. The minimum absolute atomic E-state index is 0.00692. The number of anilines is 1. The van der Waals surface area contributed by atoms with Gasteiger partial charge in [0.1, 0.15) is 17.3 Å². The van der Waals surface area contributed by atoms with Gasteiger partial charge in [0.15, 0.2) is 0 Å². The number of rotatable bonds is 3. The minimum Gasteiger partial charge on any atom is -0.507 e. The molecule has 0 aromatic heterocycles. The zero-order valence-corrected chi connectivity index (χ0v) is 11.8. The molecule has 0 saturated heterocycles. The van der Waals surface area contributed by atoms with Gasteiger partial charge in [-0.3, -0.25) is 0 Å². The van der Waals surface area contributed by atoms with Gasteiger partial charge in [0.2, 0.25) is 0 Å². The molecule has 2 aromatic rings. The zero-order chi connectivity index (χ0) is 14.0. The highest BCUT2D eigenvalue weighted by atomic mass is 79.9. The molecular weight excluding hydrogens is 313 g/mol. The van der Waals surface area contributed by atoms with E-state index in [1.807, 2.05) is 0 Å². The number of benzene rings is 2. The molecule has 19 heavy (non-hydrogen) atoms. The number of phenols is 2. The summed E-state index contributed by atoms with van der Waals surface area (Å²) in [6, 6.07) is 8.45. The van der Waals surface area contributed by atoms with E-state index in [-0.39, 0.29) is 23.4 Å². The SMILES string of the molecule is CC(Nc1cc(F)ccc1Br)c1c(O)cccc1O. The fourth-order valence-corrected chi connectivity index (χ4v) is 2.26. The van der Waals surface area contributed by atoms with E-state index < -0.39 is 0 Å². The molecule has 1 atom stereocenters. The van der Waals surface area contributed by atoms with Crippen molar-refractivity contribution in [1.29, 1.82) is 0 Å². The Bertz CT molecular complexity index is 584. The summed E-state index contributed by atoms with van der Waals surface area (Å²) in [6.07, 6.45) is 0. The highest BCUT2D eigenvalue weighted by Gasteiger charge is 2.16. The largest absolute Gasteiger partial charge is 0.507 e. The first kappa shape index (κ1) is 13.7. The monoisotopic (exact) mass is 325 g/mol. The van der Waals surface area contributed by atoms with E-state index in [4.69, 9.17) is 0 Å². The molecule has 3 N–H and O–H groups in total. The van der Waals surface area contributed by atoms with Crippen LogP contribution in [0.1, 0.15) is 18.5 Å². The van der Waals surface area contributed by atoms with Crippen LogP contribution in [-0.2, 0) is 0 Å². The third-order valence-electron chi connectivity index (χ3n) is 2.79. The van der Waals surface area contributed by atoms with Gasteiger partial charge in [0.25, 0.3) is 0 Å². The van der Waals surface area contributed by atoms with E-state index in [9.17, 15) is 14.6 Å². The van der Waals surface area contributed by atoms with Crippen molar-refractivity contribution in [2.24, 2.45) is 0 Å². The molecule has 5 heteroatoms. The summed E-state index contributed by atoms with van der Waals surface area (Å²) >= 11 is 3.31. The first-order chi connectivity index (χ1) is 8.99. The molecule has 0 aliphatic rings. The number of halogens is 2. The van der Waals surface area contributed by atoms with Gasteiger partial charge in [-0.1, -0.05) is 6.07 Å². The first-order valence-electron chi connectivity index (χ1n) is 5.71. The Labute approximate surface area is 118 Å². The normalized spacial score (nSPS) is 12.2. The topological polar surface area (TPSA) is 52.5 Å². The van der Waals surface area contributed by atoms with Crippen LogP contribution in [0.3, 0.4) is 0 Å². The number of nitrogens with one attached hydrogen (secondary N) is 1. The number of hydrogen-bond donors (Lipinski definition) is 3. The van der Waals surface area contributed by atoms with Gasteiger partial charge in [-0.15, -0.1) is 0 Å². The van der Waals surface area contributed by atoms with E-state index in [1.165, 1.54) is 24.3 Å². The smallest absolute Gasteiger partial charge is 0.125 e. The number of hydrogen-bond acceptors (Lipinski definition) is 3. The highest BCUT2D eigenvalue weighted by Crippen LogP contribution is 2.35. The highest BCUT2D eigenvalue weighted by molar-refractivity contribution is 9.10. The van der Waals surface area contributed by atoms with Crippen LogP contribution < -0.4 is 5.32 Å². The summed E-state index contributed by atoms with van der Waals surface area (Å²) in [4.78, 5) is 0. The van der Waals surface area contributed by atoms with Crippen molar-refractivity contribution in [3.05, 3.63) is 52.3 Å². The first-order valence-corrected chi connectivity index (χ1v) is 6.50. The van der Waals surface area contributed by atoms with E-state index >= 15 is 0 Å². The van der Waals surface area contributed by atoms with Crippen LogP contribution in [0.15, 0.2) is 40.9 Å². The maximum absolute atomic E-state index is 13.2. The summed E-state index contributed by atoms with van der Waals surface area (Å²) in [5, 5.41) is 22.6. The lowest BCUT2D eigenvalue weighted by molar-refractivity contribution is 0.434. The van der Waals surface area contributed by atoms with Crippen molar-refractivity contribution in [2.45, 2.75) is 13.0 Å². The predicted molar refractivity (Wildman–Crippen MR) is 75.9 cm³/mol. The van der Waals surface area contributed by atoms with E-state index in [1.54, 1.807) is 19.1 Å². The fourth-order valence-electron chi connectivity index (χ4n) is 1.90. The van der Waals surface area contributed by atoms with E-state index in [0.717, 1.165) is 0 Å². The Morgan fingerprint density at radius 1 is 1.16 bits per heavy atom. The standard InChI is InChI=1S/C14H13BrFNO2/c1-8(14-12(18)3-2-4-13(14)19)17-11-7-9(16)5-6-10(11)15/h2-8,17-19H,1H3. The molecule has 0 bridgehead atoms.